The average Bonchev–Trinajstić information content (AvgIpc) is 2.18. The minimum atomic E-state index is -1.69. The number of aromatic hydroxyl groups is 1. The van der Waals surface area contributed by atoms with Gasteiger partial charge in [0, 0.05) is 12.1 Å². The largest absolute Gasteiger partial charge is 0.505 e. The second-order valence-electron chi connectivity index (χ2n) is 2.52. The van der Waals surface area contributed by atoms with Crippen molar-refractivity contribution in [2.75, 3.05) is 7.11 Å². The van der Waals surface area contributed by atoms with E-state index in [1.165, 1.54) is 7.11 Å². The Morgan fingerprint density at radius 1 is 1.36 bits per heavy atom. The molecule has 1 rings (SSSR count). The summed E-state index contributed by atoms with van der Waals surface area (Å²) >= 11 is 0. The normalized spacial score (nSPS) is 10.6. The second-order valence-corrected chi connectivity index (χ2v) is 2.52. The Balaban J connectivity index is 3.06. The van der Waals surface area contributed by atoms with Gasteiger partial charge in [-0.1, -0.05) is 0 Å². The number of rotatable bonds is 3. The van der Waals surface area contributed by atoms with E-state index >= 15 is 0 Å². The molecule has 0 atom stereocenters. The molecule has 0 spiro atoms. The first kappa shape index (κ1) is 10.8. The van der Waals surface area contributed by atoms with Gasteiger partial charge < -0.3 is 9.94 Å². The van der Waals surface area contributed by atoms with Crippen molar-refractivity contribution < 1.29 is 23.1 Å². The van der Waals surface area contributed by atoms with Crippen molar-refractivity contribution in [1.82, 2.24) is 5.48 Å². The van der Waals surface area contributed by atoms with E-state index in [2.05, 4.69) is 10.3 Å². The third-order valence-electron chi connectivity index (χ3n) is 1.62. The van der Waals surface area contributed by atoms with E-state index < -0.39 is 23.2 Å². The Kier molecular flexibility index (Phi) is 3.32. The molecule has 0 radical (unpaired) electrons. The third-order valence-corrected chi connectivity index (χ3v) is 1.62. The van der Waals surface area contributed by atoms with Gasteiger partial charge in [-0.2, -0.15) is 9.87 Å². The van der Waals surface area contributed by atoms with Crippen molar-refractivity contribution in [1.29, 1.82) is 0 Å². The standard InChI is InChI=1S/C8H8F3NO2/c1-14-12-3-4-2-5(9)6(10)7(11)8(4)13/h2,12-13H,3H2,1H3. The number of halogens is 3. The molecule has 0 aliphatic carbocycles. The molecule has 0 heterocycles. The molecule has 1 aromatic rings. The summed E-state index contributed by atoms with van der Waals surface area (Å²) in [6, 6.07) is 0.694. The van der Waals surface area contributed by atoms with Crippen molar-refractivity contribution >= 4 is 0 Å². The fraction of sp³-hybridized carbons (Fsp3) is 0.250. The molecule has 0 amide bonds. The molecule has 0 aliphatic heterocycles. The first-order chi connectivity index (χ1) is 6.57. The fourth-order valence-electron chi connectivity index (χ4n) is 0.919. The molecule has 3 nitrogen and oxygen atoms in total. The lowest BCUT2D eigenvalue weighted by molar-refractivity contribution is 0.0859. The average molecular weight is 207 g/mol. The van der Waals surface area contributed by atoms with Gasteiger partial charge in [0.1, 0.15) is 0 Å². The lowest BCUT2D eigenvalue weighted by atomic mass is 10.2. The van der Waals surface area contributed by atoms with Gasteiger partial charge in [0.2, 0.25) is 5.82 Å². The summed E-state index contributed by atoms with van der Waals surface area (Å²) in [4.78, 5) is 4.41. The van der Waals surface area contributed by atoms with Crippen molar-refractivity contribution in [3.8, 4) is 5.75 Å². The number of phenols is 1. The van der Waals surface area contributed by atoms with Crippen molar-refractivity contribution in [2.24, 2.45) is 0 Å². The SMILES string of the molecule is CONCc1cc(F)c(F)c(F)c1O. The molecule has 0 aromatic heterocycles. The maximum Gasteiger partial charge on any atom is 0.203 e. The minimum absolute atomic E-state index is 0.122. The highest BCUT2D eigenvalue weighted by molar-refractivity contribution is 5.34. The quantitative estimate of drug-likeness (QED) is 0.582. The molecule has 0 saturated heterocycles. The van der Waals surface area contributed by atoms with Crippen molar-refractivity contribution in [3.05, 3.63) is 29.1 Å². The minimum Gasteiger partial charge on any atom is -0.505 e. The molecule has 0 saturated carbocycles. The number of hydrogen-bond donors (Lipinski definition) is 2. The summed E-state index contributed by atoms with van der Waals surface area (Å²) < 4.78 is 37.9. The zero-order valence-corrected chi connectivity index (χ0v) is 7.27. The summed E-state index contributed by atoms with van der Waals surface area (Å²) in [7, 11) is 1.30. The zero-order valence-electron chi connectivity index (χ0n) is 7.27. The molecule has 78 valence electrons. The van der Waals surface area contributed by atoms with Crippen LogP contribution in [0.1, 0.15) is 5.56 Å². The molecule has 1 aromatic carbocycles. The van der Waals surface area contributed by atoms with Crippen LogP contribution in [0.4, 0.5) is 13.2 Å². The lowest BCUT2D eigenvalue weighted by Crippen LogP contribution is -2.12. The van der Waals surface area contributed by atoms with E-state index in [9.17, 15) is 13.2 Å². The van der Waals surface area contributed by atoms with Crippen LogP contribution in [0.2, 0.25) is 0 Å². The first-order valence-corrected chi connectivity index (χ1v) is 3.69. The number of phenolic OH excluding ortho intramolecular Hbond substituents is 1. The van der Waals surface area contributed by atoms with Crippen molar-refractivity contribution in [3.63, 3.8) is 0 Å². The summed E-state index contributed by atoms with van der Waals surface area (Å²) in [5.41, 5.74) is 2.14. The number of nitrogens with one attached hydrogen (secondary N) is 1. The van der Waals surface area contributed by atoms with Crippen molar-refractivity contribution in [2.45, 2.75) is 6.54 Å². The van der Waals surface area contributed by atoms with Gasteiger partial charge >= 0.3 is 0 Å². The highest BCUT2D eigenvalue weighted by Crippen LogP contribution is 2.25. The fourth-order valence-corrected chi connectivity index (χ4v) is 0.919. The number of hydrogen-bond acceptors (Lipinski definition) is 3. The van der Waals surface area contributed by atoms with Gasteiger partial charge in [0.15, 0.2) is 17.4 Å². The molecular weight excluding hydrogens is 199 g/mol. The van der Waals surface area contributed by atoms with E-state index in [1.807, 2.05) is 0 Å². The summed E-state index contributed by atoms with van der Waals surface area (Å²) in [5, 5.41) is 9.05. The Morgan fingerprint density at radius 2 is 2.00 bits per heavy atom. The van der Waals surface area contributed by atoms with Gasteiger partial charge in [-0.3, -0.25) is 0 Å². The monoisotopic (exact) mass is 207 g/mol. The molecule has 0 bridgehead atoms. The molecule has 2 N–H and O–H groups in total. The topological polar surface area (TPSA) is 41.5 Å². The number of benzene rings is 1. The zero-order chi connectivity index (χ0) is 10.7. The van der Waals surface area contributed by atoms with Crippen LogP contribution >= 0.6 is 0 Å². The van der Waals surface area contributed by atoms with Gasteiger partial charge in [0.05, 0.1) is 7.11 Å². The predicted octanol–water partition coefficient (Wildman–Crippen LogP) is 1.46. The van der Waals surface area contributed by atoms with Crippen LogP contribution in [0, 0.1) is 17.5 Å². The predicted molar refractivity (Wildman–Crippen MR) is 41.8 cm³/mol. The Hall–Kier alpha value is -1.27. The van der Waals surface area contributed by atoms with Crippen LogP contribution in [0.15, 0.2) is 6.07 Å². The summed E-state index contributed by atoms with van der Waals surface area (Å²) in [6.45, 7) is -0.129. The maximum absolute atomic E-state index is 12.7. The van der Waals surface area contributed by atoms with Crippen LogP contribution in [0.5, 0.6) is 5.75 Å². The van der Waals surface area contributed by atoms with E-state index in [-0.39, 0.29) is 12.1 Å². The van der Waals surface area contributed by atoms with Gasteiger partial charge in [-0.25, -0.2) is 8.78 Å². The van der Waals surface area contributed by atoms with Crippen LogP contribution < -0.4 is 5.48 Å². The van der Waals surface area contributed by atoms with E-state index in [0.29, 0.717) is 6.07 Å². The molecular formula is C8H8F3NO2. The van der Waals surface area contributed by atoms with Gasteiger partial charge in [-0.05, 0) is 6.07 Å². The van der Waals surface area contributed by atoms with E-state index in [1.54, 1.807) is 0 Å². The Morgan fingerprint density at radius 3 is 2.57 bits per heavy atom. The molecule has 6 heteroatoms. The Bertz CT molecular complexity index is 344. The first-order valence-electron chi connectivity index (χ1n) is 3.69. The van der Waals surface area contributed by atoms with E-state index in [0.717, 1.165) is 0 Å². The second kappa shape index (κ2) is 4.30. The summed E-state index contributed by atoms with van der Waals surface area (Å²) in [5.74, 6) is -5.57. The highest BCUT2D eigenvalue weighted by Gasteiger charge is 2.17. The summed E-state index contributed by atoms with van der Waals surface area (Å²) in [6.07, 6.45) is 0. The molecule has 0 aliphatic rings. The Labute approximate surface area is 78.1 Å². The van der Waals surface area contributed by atoms with Crippen LogP contribution in [0.3, 0.4) is 0 Å². The van der Waals surface area contributed by atoms with Gasteiger partial charge in [-0.15, -0.1) is 0 Å². The lowest BCUT2D eigenvalue weighted by Gasteiger charge is -2.06. The third kappa shape index (κ3) is 1.97. The maximum atomic E-state index is 12.7. The highest BCUT2D eigenvalue weighted by atomic mass is 19.2. The van der Waals surface area contributed by atoms with Crippen LogP contribution in [-0.2, 0) is 11.4 Å². The van der Waals surface area contributed by atoms with E-state index in [4.69, 9.17) is 5.11 Å². The molecule has 0 unspecified atom stereocenters. The van der Waals surface area contributed by atoms with Crippen LogP contribution in [-0.4, -0.2) is 12.2 Å². The number of hydroxylamine groups is 1. The van der Waals surface area contributed by atoms with Crippen LogP contribution in [0.25, 0.3) is 0 Å². The molecule has 14 heavy (non-hydrogen) atoms. The smallest absolute Gasteiger partial charge is 0.203 e. The molecule has 0 fully saturated rings. The van der Waals surface area contributed by atoms with Gasteiger partial charge in [0.25, 0.3) is 0 Å².